The molecule has 0 aromatic carbocycles. The number of aliphatic carboxylic acids is 1. The summed E-state index contributed by atoms with van der Waals surface area (Å²) in [5.41, 5.74) is 0. The maximum atomic E-state index is 9.25. The van der Waals surface area contributed by atoms with Crippen LogP contribution in [0.1, 0.15) is 34.6 Å². The lowest BCUT2D eigenvalue weighted by atomic mass is 10.7. The first-order chi connectivity index (χ1) is 9.34. The Labute approximate surface area is 127 Å². The topological polar surface area (TPSA) is 37.3 Å². The Bertz CT molecular complexity index is 179. The van der Waals surface area contributed by atoms with E-state index in [1.807, 2.05) is 34.6 Å². The highest BCUT2D eigenvalue weighted by molar-refractivity contribution is 5.78. The van der Waals surface area contributed by atoms with Gasteiger partial charge in [-0.3, -0.25) is 0 Å². The van der Waals surface area contributed by atoms with Gasteiger partial charge in [0.05, 0.1) is 0 Å². The molecule has 0 fully saturated rings. The molecule has 0 aromatic rings. The van der Waals surface area contributed by atoms with Crippen LogP contribution in [0.5, 0.6) is 0 Å². The van der Waals surface area contributed by atoms with Crippen LogP contribution in [0, 0.1) is 0 Å². The minimum atomic E-state index is -0.981. The molecule has 0 aliphatic rings. The van der Waals surface area contributed by atoms with Gasteiger partial charge >= 0.3 is 5.97 Å². The van der Waals surface area contributed by atoms with Crippen molar-refractivity contribution in [2.45, 2.75) is 34.6 Å². The molecule has 0 aliphatic heterocycles. The molecular formula is C18H34O2. The van der Waals surface area contributed by atoms with E-state index in [1.165, 1.54) is 0 Å². The van der Waals surface area contributed by atoms with Crippen LogP contribution in [0.3, 0.4) is 0 Å². The van der Waals surface area contributed by atoms with Gasteiger partial charge in [-0.05, 0) is 34.6 Å². The molecular weight excluding hydrogens is 248 g/mol. The van der Waals surface area contributed by atoms with Gasteiger partial charge in [0.2, 0.25) is 0 Å². The fourth-order valence-electron chi connectivity index (χ4n) is 0. The lowest BCUT2D eigenvalue weighted by molar-refractivity contribution is -0.131. The lowest BCUT2D eigenvalue weighted by Crippen LogP contribution is -1.82. The van der Waals surface area contributed by atoms with E-state index in [4.69, 9.17) is 5.11 Å². The van der Waals surface area contributed by atoms with Gasteiger partial charge in [0.1, 0.15) is 0 Å². The zero-order valence-electron chi connectivity index (χ0n) is 14.1. The van der Waals surface area contributed by atoms with Crippen LogP contribution in [-0.4, -0.2) is 11.1 Å². The standard InChI is InChI=1S/C3H4O2.5C3H6/c1-2-3(4)5;5*1-3-2/h2H,1H2,(H,4,5);5*3H,1H2,2H3. The average molecular weight is 282 g/mol. The molecule has 1 N–H and O–H groups in total. The summed E-state index contributed by atoms with van der Waals surface area (Å²) in [4.78, 5) is 9.25. The third-order valence-electron chi connectivity index (χ3n) is 0.175. The summed E-state index contributed by atoms with van der Waals surface area (Å²) in [5.74, 6) is -0.981. The molecule has 2 nitrogen and oxygen atoms in total. The maximum absolute atomic E-state index is 9.25. The minimum Gasteiger partial charge on any atom is -0.478 e. The molecule has 0 heterocycles. The van der Waals surface area contributed by atoms with Gasteiger partial charge in [-0.2, -0.15) is 0 Å². The van der Waals surface area contributed by atoms with Crippen LogP contribution in [0.2, 0.25) is 0 Å². The van der Waals surface area contributed by atoms with Crippen LogP contribution in [0.4, 0.5) is 0 Å². The summed E-state index contributed by atoms with van der Waals surface area (Å²) in [6, 6.07) is 0. The number of carboxylic acids is 1. The van der Waals surface area contributed by atoms with Gasteiger partial charge in [-0.1, -0.05) is 37.0 Å². The zero-order valence-corrected chi connectivity index (χ0v) is 14.1. The Kier molecular flexibility index (Phi) is 162. The number of carbonyl (C=O) groups is 1. The first-order valence-corrected chi connectivity index (χ1v) is 6.05. The van der Waals surface area contributed by atoms with Crippen molar-refractivity contribution in [1.29, 1.82) is 0 Å². The summed E-state index contributed by atoms with van der Waals surface area (Å²) >= 11 is 0. The Morgan fingerprint density at radius 3 is 0.700 bits per heavy atom. The van der Waals surface area contributed by atoms with E-state index in [0.717, 1.165) is 6.08 Å². The predicted octanol–water partition coefficient (Wildman–Crippen LogP) is 6.22. The zero-order chi connectivity index (χ0) is 17.8. The maximum Gasteiger partial charge on any atom is 0.327 e. The number of rotatable bonds is 1. The van der Waals surface area contributed by atoms with Crippen molar-refractivity contribution >= 4 is 5.97 Å². The summed E-state index contributed by atoms with van der Waals surface area (Å²) in [7, 11) is 0. The van der Waals surface area contributed by atoms with Gasteiger partial charge < -0.3 is 5.11 Å². The molecule has 20 heavy (non-hydrogen) atoms. The van der Waals surface area contributed by atoms with Crippen molar-refractivity contribution in [2.75, 3.05) is 0 Å². The van der Waals surface area contributed by atoms with Gasteiger partial charge in [0, 0.05) is 6.08 Å². The molecule has 0 amide bonds. The number of hydrogen-bond acceptors (Lipinski definition) is 1. The van der Waals surface area contributed by atoms with Crippen LogP contribution >= 0.6 is 0 Å². The van der Waals surface area contributed by atoms with Crippen molar-refractivity contribution in [1.82, 2.24) is 0 Å². The monoisotopic (exact) mass is 282 g/mol. The van der Waals surface area contributed by atoms with E-state index >= 15 is 0 Å². The van der Waals surface area contributed by atoms with Crippen molar-refractivity contribution in [2.24, 2.45) is 0 Å². The molecule has 0 aliphatic carbocycles. The van der Waals surface area contributed by atoms with E-state index in [2.05, 4.69) is 39.5 Å². The first-order valence-electron chi connectivity index (χ1n) is 6.05. The first kappa shape index (κ1) is 36.1. The van der Waals surface area contributed by atoms with E-state index in [1.54, 1.807) is 30.4 Å². The molecule has 0 saturated carbocycles. The Morgan fingerprint density at radius 1 is 0.650 bits per heavy atom. The molecule has 0 spiro atoms. The molecule has 0 unspecified atom stereocenters. The van der Waals surface area contributed by atoms with Crippen LogP contribution in [0.15, 0.2) is 75.9 Å². The molecule has 0 aromatic heterocycles. The number of allylic oxidation sites excluding steroid dienone is 5. The van der Waals surface area contributed by atoms with E-state index < -0.39 is 5.97 Å². The molecule has 0 radical (unpaired) electrons. The van der Waals surface area contributed by atoms with Crippen LogP contribution in [0.25, 0.3) is 0 Å². The number of hydrogen-bond donors (Lipinski definition) is 1. The smallest absolute Gasteiger partial charge is 0.327 e. The van der Waals surface area contributed by atoms with E-state index in [-0.39, 0.29) is 0 Å². The second-order valence-electron chi connectivity index (χ2n) is 2.58. The van der Waals surface area contributed by atoms with Crippen molar-refractivity contribution < 1.29 is 9.90 Å². The Balaban J connectivity index is -0.0000000299. The van der Waals surface area contributed by atoms with Gasteiger partial charge in [0.25, 0.3) is 0 Å². The molecule has 118 valence electrons. The quantitative estimate of drug-likeness (QED) is 0.458. The van der Waals surface area contributed by atoms with Crippen molar-refractivity contribution in [3.63, 3.8) is 0 Å². The largest absolute Gasteiger partial charge is 0.478 e. The summed E-state index contributed by atoms with van der Waals surface area (Å²) in [5, 5.41) is 7.60. The lowest BCUT2D eigenvalue weighted by Gasteiger charge is -1.64. The highest BCUT2D eigenvalue weighted by Crippen LogP contribution is 1.54. The van der Waals surface area contributed by atoms with Crippen LogP contribution < -0.4 is 0 Å². The fraction of sp³-hybridized carbons (Fsp3) is 0.278. The normalized spacial score (nSPS) is 4.85. The Hall–Kier alpha value is -2.09. The average Bonchev–Trinajstić information content (AvgIpc) is 2.34. The minimum absolute atomic E-state index is 0.833. The third kappa shape index (κ3) is 437000. The summed E-state index contributed by atoms with van der Waals surface area (Å²) < 4.78 is 0. The summed E-state index contributed by atoms with van der Waals surface area (Å²) in [6.07, 6.45) is 9.58. The highest BCUT2D eigenvalue weighted by Gasteiger charge is 1.73. The third-order valence-corrected chi connectivity index (χ3v) is 0.175. The fourth-order valence-corrected chi connectivity index (χ4v) is 0. The molecule has 0 bridgehead atoms. The molecule has 0 saturated heterocycles. The second-order valence-corrected chi connectivity index (χ2v) is 2.58. The predicted molar refractivity (Wildman–Crippen MR) is 97.2 cm³/mol. The van der Waals surface area contributed by atoms with Crippen LogP contribution in [-0.2, 0) is 4.79 Å². The van der Waals surface area contributed by atoms with E-state index in [0.29, 0.717) is 0 Å². The van der Waals surface area contributed by atoms with Gasteiger partial charge in [-0.15, -0.1) is 32.9 Å². The van der Waals surface area contributed by atoms with Gasteiger partial charge in [0.15, 0.2) is 0 Å². The molecule has 2 heteroatoms. The Morgan fingerprint density at radius 2 is 0.700 bits per heavy atom. The second kappa shape index (κ2) is 89.6. The molecule has 0 atom stereocenters. The van der Waals surface area contributed by atoms with E-state index in [9.17, 15) is 4.79 Å². The van der Waals surface area contributed by atoms with Crippen molar-refractivity contribution in [3.8, 4) is 0 Å². The highest BCUT2D eigenvalue weighted by atomic mass is 16.4. The van der Waals surface area contributed by atoms with Crippen molar-refractivity contribution in [3.05, 3.63) is 75.9 Å². The summed E-state index contributed by atoms with van der Waals surface area (Å²) in [6.45, 7) is 29.2. The SMILES string of the molecule is C=CC.C=CC.C=CC.C=CC.C=CC.C=CC(=O)O. The van der Waals surface area contributed by atoms with Gasteiger partial charge in [-0.25, -0.2) is 4.79 Å². The number of carboxylic acid groups (broad SMARTS) is 1. The molecule has 0 rings (SSSR count).